The summed E-state index contributed by atoms with van der Waals surface area (Å²) in [5, 5.41) is 12.3. The minimum absolute atomic E-state index is 0.0455. The van der Waals surface area contributed by atoms with Crippen molar-refractivity contribution < 1.29 is 29.0 Å². The zero-order valence-corrected chi connectivity index (χ0v) is 24.1. The Hall–Kier alpha value is -5.70. The van der Waals surface area contributed by atoms with E-state index in [9.17, 15) is 19.5 Å². The number of carbonyl (C=O) groups is 3. The van der Waals surface area contributed by atoms with Crippen LogP contribution in [0.3, 0.4) is 0 Å². The molecular formula is C36H29N3O6. The van der Waals surface area contributed by atoms with Gasteiger partial charge in [-0.3, -0.25) is 0 Å². The second-order valence-corrected chi connectivity index (χ2v) is 11.1. The van der Waals surface area contributed by atoms with Gasteiger partial charge in [-0.2, -0.15) is 0 Å². The monoisotopic (exact) mass is 599 g/mol. The zero-order chi connectivity index (χ0) is 30.9. The number of carbonyl (C=O) groups excluding carboxylic acids is 2. The van der Waals surface area contributed by atoms with Crippen molar-refractivity contribution in [2.75, 3.05) is 13.2 Å². The molecule has 2 N–H and O–H groups in total. The van der Waals surface area contributed by atoms with Gasteiger partial charge < -0.3 is 19.9 Å². The van der Waals surface area contributed by atoms with Gasteiger partial charge in [-0.1, -0.05) is 97.1 Å². The number of nitrogens with one attached hydrogen (secondary N) is 1. The smallest absolute Gasteiger partial charge is 0.419 e. The Morgan fingerprint density at radius 1 is 0.711 bits per heavy atom. The van der Waals surface area contributed by atoms with Gasteiger partial charge in [0, 0.05) is 24.5 Å². The standard InChI is InChI=1S/C36H29N3O6/c40-34(41)33(38-35(42)44-19-31-27-13-5-1-9-23(27)24-10-2-6-14-28(24)31)17-22-18-37-21-39(22)36(43)45-20-32-29-15-7-3-11-25(29)26-12-4-8-16-30(26)32/h1-16,18,21,31-33H,17,19-20H2,(H,38,42)(H,40,41). The van der Waals surface area contributed by atoms with E-state index in [-0.39, 0.29) is 37.2 Å². The summed E-state index contributed by atoms with van der Waals surface area (Å²) in [7, 11) is 0. The molecule has 1 unspecified atom stereocenters. The SMILES string of the molecule is O=C(NC(Cc1cncn1C(=O)OCC1c2ccccc2-c2ccccc21)C(=O)O)OCC1c2ccccc2-c2ccccc21. The highest BCUT2D eigenvalue weighted by molar-refractivity contribution is 5.82. The van der Waals surface area contributed by atoms with Gasteiger partial charge in [-0.05, 0) is 44.5 Å². The summed E-state index contributed by atoms with van der Waals surface area (Å²) in [4.78, 5) is 42.2. The van der Waals surface area contributed by atoms with Gasteiger partial charge in [-0.25, -0.2) is 23.9 Å². The van der Waals surface area contributed by atoms with E-state index in [4.69, 9.17) is 9.47 Å². The van der Waals surface area contributed by atoms with E-state index in [2.05, 4.69) is 22.4 Å². The van der Waals surface area contributed by atoms with Crippen LogP contribution in [0.4, 0.5) is 9.59 Å². The fourth-order valence-corrected chi connectivity index (χ4v) is 6.49. The topological polar surface area (TPSA) is 120 Å². The Bertz CT molecular complexity index is 1840. The molecule has 0 saturated carbocycles. The second kappa shape index (κ2) is 11.8. The van der Waals surface area contributed by atoms with Gasteiger partial charge in [0.15, 0.2) is 0 Å². The van der Waals surface area contributed by atoms with Gasteiger partial charge in [-0.15, -0.1) is 0 Å². The number of ether oxygens (including phenoxy) is 2. The van der Waals surface area contributed by atoms with Crippen molar-refractivity contribution in [1.82, 2.24) is 14.9 Å². The number of imidazole rings is 1. The van der Waals surface area contributed by atoms with Crippen LogP contribution in [0.5, 0.6) is 0 Å². The van der Waals surface area contributed by atoms with Crippen molar-refractivity contribution in [3.05, 3.63) is 138 Å². The molecule has 5 aromatic rings. The second-order valence-electron chi connectivity index (χ2n) is 11.1. The highest BCUT2D eigenvalue weighted by Gasteiger charge is 2.32. The number of carboxylic acids is 1. The fourth-order valence-electron chi connectivity index (χ4n) is 6.49. The van der Waals surface area contributed by atoms with Crippen molar-refractivity contribution in [2.24, 2.45) is 0 Å². The van der Waals surface area contributed by atoms with Gasteiger partial charge >= 0.3 is 18.2 Å². The van der Waals surface area contributed by atoms with Crippen LogP contribution in [-0.4, -0.2) is 52.1 Å². The van der Waals surface area contributed by atoms with Crippen LogP contribution in [0.15, 0.2) is 110 Å². The van der Waals surface area contributed by atoms with E-state index in [0.29, 0.717) is 0 Å². The van der Waals surface area contributed by atoms with Crippen LogP contribution in [-0.2, 0) is 20.7 Å². The first-order valence-electron chi connectivity index (χ1n) is 14.7. The molecule has 9 heteroatoms. The summed E-state index contributed by atoms with van der Waals surface area (Å²) in [5.74, 6) is -1.57. The van der Waals surface area contributed by atoms with Crippen LogP contribution in [0.25, 0.3) is 22.3 Å². The number of rotatable bonds is 8. The number of amides is 1. The van der Waals surface area contributed by atoms with Gasteiger partial charge in [0.25, 0.3) is 0 Å². The molecule has 0 fully saturated rings. The van der Waals surface area contributed by atoms with Gasteiger partial charge in [0.1, 0.15) is 25.6 Å². The van der Waals surface area contributed by atoms with Crippen molar-refractivity contribution in [2.45, 2.75) is 24.3 Å². The highest BCUT2D eigenvalue weighted by atomic mass is 16.6. The predicted molar refractivity (Wildman–Crippen MR) is 166 cm³/mol. The first-order chi connectivity index (χ1) is 22.0. The first kappa shape index (κ1) is 28.1. The van der Waals surface area contributed by atoms with E-state index in [0.717, 1.165) is 44.5 Å². The minimum Gasteiger partial charge on any atom is -0.480 e. The molecule has 7 rings (SSSR count). The van der Waals surface area contributed by atoms with Crippen molar-refractivity contribution in [3.8, 4) is 22.3 Å². The normalized spacial score (nSPS) is 13.7. The lowest BCUT2D eigenvalue weighted by Gasteiger charge is -2.18. The van der Waals surface area contributed by atoms with Gasteiger partial charge in [0.05, 0.1) is 5.69 Å². The third kappa shape index (κ3) is 5.22. The maximum Gasteiger partial charge on any atom is 0.419 e. The quantitative estimate of drug-likeness (QED) is 0.217. The molecule has 0 aliphatic heterocycles. The van der Waals surface area contributed by atoms with Crippen molar-refractivity contribution in [3.63, 3.8) is 0 Å². The summed E-state index contributed by atoms with van der Waals surface area (Å²) < 4.78 is 12.4. The number of fused-ring (bicyclic) bond motifs is 6. The maximum atomic E-state index is 13.2. The van der Waals surface area contributed by atoms with E-state index in [1.165, 1.54) is 17.1 Å². The number of alkyl carbamates (subject to hydrolysis) is 1. The molecule has 1 amide bonds. The molecule has 9 nitrogen and oxygen atoms in total. The molecule has 0 saturated heterocycles. The summed E-state index contributed by atoms with van der Waals surface area (Å²) in [6.07, 6.45) is 0.909. The summed E-state index contributed by atoms with van der Waals surface area (Å²) in [5.41, 5.74) is 8.94. The summed E-state index contributed by atoms with van der Waals surface area (Å²) >= 11 is 0. The Morgan fingerprint density at radius 3 is 1.62 bits per heavy atom. The molecule has 1 atom stereocenters. The largest absolute Gasteiger partial charge is 0.480 e. The van der Waals surface area contributed by atoms with Crippen LogP contribution in [0.1, 0.15) is 39.8 Å². The average Bonchev–Trinajstić information content (AvgIpc) is 3.75. The third-order valence-electron chi connectivity index (χ3n) is 8.59. The highest BCUT2D eigenvalue weighted by Crippen LogP contribution is 2.45. The van der Waals surface area contributed by atoms with E-state index in [1.807, 2.05) is 84.9 Å². The number of nitrogens with zero attached hydrogens (tertiary/aromatic N) is 2. The molecule has 1 aromatic heterocycles. The molecular weight excluding hydrogens is 570 g/mol. The minimum atomic E-state index is -1.36. The van der Waals surface area contributed by atoms with Gasteiger partial charge in [0.2, 0.25) is 0 Å². The third-order valence-corrected chi connectivity index (χ3v) is 8.59. The van der Waals surface area contributed by atoms with Crippen molar-refractivity contribution in [1.29, 1.82) is 0 Å². The lowest BCUT2D eigenvalue weighted by molar-refractivity contribution is -0.139. The predicted octanol–water partition coefficient (Wildman–Crippen LogP) is 6.21. The molecule has 4 aromatic carbocycles. The molecule has 224 valence electrons. The number of carboxylic acid groups (broad SMARTS) is 1. The Kier molecular flexibility index (Phi) is 7.34. The molecule has 45 heavy (non-hydrogen) atoms. The Labute approximate surface area is 259 Å². The Morgan fingerprint density at radius 2 is 1.16 bits per heavy atom. The number of aromatic nitrogens is 2. The number of benzene rings is 4. The molecule has 0 bridgehead atoms. The van der Waals surface area contributed by atoms with E-state index >= 15 is 0 Å². The number of hydrogen-bond donors (Lipinski definition) is 2. The lowest BCUT2D eigenvalue weighted by Crippen LogP contribution is -2.43. The first-order valence-corrected chi connectivity index (χ1v) is 14.7. The Balaban J connectivity index is 0.997. The zero-order valence-electron chi connectivity index (χ0n) is 24.1. The molecule has 0 spiro atoms. The number of aliphatic carboxylic acids is 1. The summed E-state index contributed by atoms with van der Waals surface area (Å²) in [6.45, 7) is 0.148. The van der Waals surface area contributed by atoms with Crippen LogP contribution in [0, 0.1) is 0 Å². The van der Waals surface area contributed by atoms with Crippen LogP contribution >= 0.6 is 0 Å². The average molecular weight is 600 g/mol. The number of hydrogen-bond acceptors (Lipinski definition) is 6. The van der Waals surface area contributed by atoms with E-state index in [1.54, 1.807) is 0 Å². The summed E-state index contributed by atoms with van der Waals surface area (Å²) in [6, 6.07) is 30.6. The maximum absolute atomic E-state index is 13.2. The van der Waals surface area contributed by atoms with Crippen LogP contribution < -0.4 is 5.32 Å². The van der Waals surface area contributed by atoms with Crippen LogP contribution in [0.2, 0.25) is 0 Å². The lowest BCUT2D eigenvalue weighted by atomic mass is 9.98. The van der Waals surface area contributed by atoms with E-state index < -0.39 is 24.2 Å². The molecule has 0 radical (unpaired) electrons. The molecule has 2 aliphatic rings. The van der Waals surface area contributed by atoms with Crippen molar-refractivity contribution >= 4 is 18.2 Å². The molecule has 1 heterocycles. The molecule has 2 aliphatic carbocycles. The fraction of sp³-hybridized carbons (Fsp3) is 0.167.